The molecule has 0 spiro atoms. The van der Waals surface area contributed by atoms with Crippen LogP contribution in [0.25, 0.3) is 5.69 Å². The van der Waals surface area contributed by atoms with E-state index >= 15 is 0 Å². The van der Waals surface area contributed by atoms with Crippen LogP contribution >= 0.6 is 0 Å². The Bertz CT molecular complexity index is 1070. The van der Waals surface area contributed by atoms with E-state index < -0.39 is 0 Å². The minimum atomic E-state index is 0.103. The van der Waals surface area contributed by atoms with Crippen LogP contribution in [0.4, 0.5) is 0 Å². The molecule has 0 N–H and O–H groups in total. The maximum atomic E-state index is 13.2. The van der Waals surface area contributed by atoms with E-state index in [1.165, 1.54) is 16.7 Å². The van der Waals surface area contributed by atoms with Gasteiger partial charge in [-0.2, -0.15) is 5.10 Å². The van der Waals surface area contributed by atoms with Gasteiger partial charge in [-0.15, -0.1) is 0 Å². The molecule has 5 heteroatoms. The Balaban J connectivity index is 1.49. The predicted octanol–water partition coefficient (Wildman–Crippen LogP) is 4.08. The molecule has 0 unspecified atom stereocenters. The summed E-state index contributed by atoms with van der Waals surface area (Å²) >= 11 is 0. The molecule has 2 aliphatic rings. The Morgan fingerprint density at radius 3 is 2.69 bits per heavy atom. The van der Waals surface area contributed by atoms with E-state index in [4.69, 9.17) is 4.74 Å². The molecule has 2 atom stereocenters. The van der Waals surface area contributed by atoms with Crippen LogP contribution in [-0.2, 0) is 6.42 Å². The number of amides is 1. The zero-order valence-corrected chi connectivity index (χ0v) is 17.1. The van der Waals surface area contributed by atoms with Crippen LogP contribution < -0.4 is 4.74 Å². The molecule has 1 amide bonds. The molecular weight excluding hydrogens is 362 g/mol. The summed E-state index contributed by atoms with van der Waals surface area (Å²) in [6.45, 7) is 7.00. The standard InChI is InChI=1S/C24H25N3O2/c1-15-11-21-14-26(15)24(28)22-13-19(16(2)17(3)23(22)29-21)12-18-5-7-20(8-6-18)27-10-4-9-25-27/h4-10,13,15,21H,11-12,14H2,1-3H3/t15-,21-/m0/s1. The summed E-state index contributed by atoms with van der Waals surface area (Å²) in [4.78, 5) is 15.2. The predicted molar refractivity (Wildman–Crippen MR) is 112 cm³/mol. The zero-order valence-electron chi connectivity index (χ0n) is 17.1. The number of fused-ring (bicyclic) bond motifs is 3. The maximum Gasteiger partial charge on any atom is 0.258 e. The average Bonchev–Trinajstić information content (AvgIpc) is 3.35. The molecule has 5 nitrogen and oxygen atoms in total. The molecule has 2 aromatic carbocycles. The zero-order chi connectivity index (χ0) is 20.1. The van der Waals surface area contributed by atoms with Crippen LogP contribution in [0.3, 0.4) is 0 Å². The van der Waals surface area contributed by atoms with Crippen molar-refractivity contribution >= 4 is 5.91 Å². The first kappa shape index (κ1) is 18.0. The monoisotopic (exact) mass is 387 g/mol. The van der Waals surface area contributed by atoms with Crippen LogP contribution in [0, 0.1) is 13.8 Å². The minimum Gasteiger partial charge on any atom is -0.487 e. The van der Waals surface area contributed by atoms with Crippen molar-refractivity contribution in [3.05, 3.63) is 76.6 Å². The van der Waals surface area contributed by atoms with Gasteiger partial charge in [0.1, 0.15) is 11.9 Å². The fraction of sp³-hybridized carbons (Fsp3) is 0.333. The number of benzene rings is 2. The van der Waals surface area contributed by atoms with Crippen LogP contribution in [-0.4, -0.2) is 39.3 Å². The number of ether oxygens (including phenoxy) is 1. The van der Waals surface area contributed by atoms with Gasteiger partial charge in [0.05, 0.1) is 17.8 Å². The third-order valence-corrected chi connectivity index (χ3v) is 6.36. The molecule has 0 radical (unpaired) electrons. The highest BCUT2D eigenvalue weighted by Gasteiger charge is 2.39. The number of rotatable bonds is 3. The molecule has 0 saturated carbocycles. The van der Waals surface area contributed by atoms with Gasteiger partial charge in [0.25, 0.3) is 5.91 Å². The number of hydrogen-bond acceptors (Lipinski definition) is 3. The highest BCUT2D eigenvalue weighted by Crippen LogP contribution is 2.37. The lowest BCUT2D eigenvalue weighted by Crippen LogP contribution is -2.33. The van der Waals surface area contributed by atoms with E-state index in [9.17, 15) is 4.79 Å². The van der Waals surface area contributed by atoms with Gasteiger partial charge in [0, 0.05) is 24.9 Å². The molecule has 148 valence electrons. The minimum absolute atomic E-state index is 0.103. The van der Waals surface area contributed by atoms with Crippen LogP contribution in [0.5, 0.6) is 5.75 Å². The van der Waals surface area contributed by atoms with Crippen molar-refractivity contribution in [3.8, 4) is 11.4 Å². The quantitative estimate of drug-likeness (QED) is 0.680. The highest BCUT2D eigenvalue weighted by molar-refractivity contribution is 5.98. The third kappa shape index (κ3) is 3.01. The Labute approximate surface area is 170 Å². The Kier molecular flexibility index (Phi) is 4.19. The van der Waals surface area contributed by atoms with Crippen molar-refractivity contribution in [1.29, 1.82) is 0 Å². The fourth-order valence-electron chi connectivity index (χ4n) is 4.53. The Morgan fingerprint density at radius 1 is 1.17 bits per heavy atom. The SMILES string of the molecule is Cc1c(Cc2ccc(-n3cccn3)cc2)cc2c(c1C)O[C@H]1C[C@H](C)N(C1)C2=O. The summed E-state index contributed by atoms with van der Waals surface area (Å²) in [5.41, 5.74) is 6.42. The number of carbonyl (C=O) groups is 1. The van der Waals surface area contributed by atoms with Gasteiger partial charge >= 0.3 is 0 Å². The summed E-state index contributed by atoms with van der Waals surface area (Å²) < 4.78 is 8.14. The van der Waals surface area contributed by atoms with E-state index in [2.05, 4.69) is 56.2 Å². The van der Waals surface area contributed by atoms with Crippen molar-refractivity contribution in [2.24, 2.45) is 0 Å². The second kappa shape index (κ2) is 6.76. The summed E-state index contributed by atoms with van der Waals surface area (Å²) in [6.07, 6.45) is 5.51. The Morgan fingerprint density at radius 2 is 1.97 bits per heavy atom. The first-order valence-electron chi connectivity index (χ1n) is 10.2. The van der Waals surface area contributed by atoms with E-state index in [1.807, 2.05) is 21.8 Å². The number of carbonyl (C=O) groups excluding carboxylic acids is 1. The van der Waals surface area contributed by atoms with Crippen LogP contribution in [0.1, 0.15) is 46.0 Å². The molecule has 2 bridgehead atoms. The van der Waals surface area contributed by atoms with Crippen molar-refractivity contribution in [1.82, 2.24) is 14.7 Å². The molecule has 1 aromatic heterocycles. The first-order chi connectivity index (χ1) is 14.0. The number of aromatic nitrogens is 2. The third-order valence-electron chi connectivity index (χ3n) is 6.36. The Hall–Kier alpha value is -3.08. The summed E-state index contributed by atoms with van der Waals surface area (Å²) in [5.74, 6) is 0.885. The van der Waals surface area contributed by atoms with Crippen LogP contribution in [0.15, 0.2) is 48.8 Å². The molecule has 5 rings (SSSR count). The maximum absolute atomic E-state index is 13.2. The molecule has 3 heterocycles. The van der Waals surface area contributed by atoms with Gasteiger partial charge in [-0.05, 0) is 73.7 Å². The molecule has 3 aromatic rings. The van der Waals surface area contributed by atoms with Crippen molar-refractivity contribution in [3.63, 3.8) is 0 Å². The fourth-order valence-corrected chi connectivity index (χ4v) is 4.53. The summed E-state index contributed by atoms with van der Waals surface area (Å²) in [7, 11) is 0. The summed E-state index contributed by atoms with van der Waals surface area (Å²) in [5, 5.41) is 4.28. The van der Waals surface area contributed by atoms with Crippen LogP contribution in [0.2, 0.25) is 0 Å². The van der Waals surface area contributed by atoms with E-state index in [0.29, 0.717) is 12.1 Å². The second-order valence-corrected chi connectivity index (χ2v) is 8.24. The second-order valence-electron chi connectivity index (χ2n) is 8.24. The van der Waals surface area contributed by atoms with Gasteiger partial charge in [-0.25, -0.2) is 4.68 Å². The van der Waals surface area contributed by atoms with Crippen molar-refractivity contribution in [2.75, 3.05) is 6.54 Å². The topological polar surface area (TPSA) is 47.4 Å². The lowest BCUT2D eigenvalue weighted by molar-refractivity contribution is 0.0748. The molecule has 1 saturated heterocycles. The van der Waals surface area contributed by atoms with E-state index in [1.54, 1.807) is 6.20 Å². The largest absolute Gasteiger partial charge is 0.487 e. The number of hydrogen-bond donors (Lipinski definition) is 0. The smallest absolute Gasteiger partial charge is 0.258 e. The van der Waals surface area contributed by atoms with Gasteiger partial charge in [0.15, 0.2) is 0 Å². The number of nitrogens with zero attached hydrogens (tertiary/aromatic N) is 3. The van der Waals surface area contributed by atoms with Gasteiger partial charge < -0.3 is 9.64 Å². The average molecular weight is 387 g/mol. The van der Waals surface area contributed by atoms with Gasteiger partial charge in [0.2, 0.25) is 0 Å². The van der Waals surface area contributed by atoms with Crippen molar-refractivity contribution < 1.29 is 9.53 Å². The normalized spacial score (nSPS) is 20.4. The van der Waals surface area contributed by atoms with Crippen molar-refractivity contribution in [2.45, 2.75) is 45.8 Å². The molecule has 1 fully saturated rings. The van der Waals surface area contributed by atoms with E-state index in [-0.39, 0.29) is 18.1 Å². The molecular formula is C24H25N3O2. The van der Waals surface area contributed by atoms with Gasteiger partial charge in [-0.3, -0.25) is 4.79 Å². The molecule has 0 aliphatic carbocycles. The highest BCUT2D eigenvalue weighted by atomic mass is 16.5. The first-order valence-corrected chi connectivity index (χ1v) is 10.2. The summed E-state index contributed by atoms with van der Waals surface area (Å²) in [6, 6.07) is 12.6. The lowest BCUT2D eigenvalue weighted by atomic mass is 9.93. The molecule has 29 heavy (non-hydrogen) atoms. The lowest BCUT2D eigenvalue weighted by Gasteiger charge is -2.24. The van der Waals surface area contributed by atoms with E-state index in [0.717, 1.165) is 29.8 Å². The van der Waals surface area contributed by atoms with Gasteiger partial charge in [-0.1, -0.05) is 12.1 Å². The molecule has 2 aliphatic heterocycles.